The van der Waals surface area contributed by atoms with Gasteiger partial charge in [0.1, 0.15) is 11.6 Å². The Balaban J connectivity index is 1.47. The maximum Gasteiger partial charge on any atom is 0.248 e. The number of fused-ring (bicyclic) bond motifs is 1. The van der Waals surface area contributed by atoms with Crippen LogP contribution in [0, 0.1) is 17.8 Å². The van der Waals surface area contributed by atoms with E-state index in [-0.39, 0.29) is 36.3 Å². The molecule has 3 saturated heterocycles. The van der Waals surface area contributed by atoms with Crippen LogP contribution in [0.5, 0.6) is 0 Å². The third kappa shape index (κ3) is 5.53. The first kappa shape index (κ1) is 33.2. The maximum absolute atomic E-state index is 15.1. The Kier molecular flexibility index (Phi) is 9.45. The van der Waals surface area contributed by atoms with Crippen LogP contribution in [0.3, 0.4) is 0 Å². The van der Waals surface area contributed by atoms with E-state index in [1.54, 1.807) is 22.0 Å². The fraction of sp³-hybridized carbons (Fsp3) is 0.513. The molecule has 3 heterocycles. The lowest BCUT2D eigenvalue weighted by atomic mass is 9.62. The Bertz CT molecular complexity index is 1480. The van der Waals surface area contributed by atoms with Crippen LogP contribution in [0.4, 0.5) is 0 Å². The Morgan fingerprint density at radius 1 is 1.00 bits per heavy atom. The van der Waals surface area contributed by atoms with Gasteiger partial charge in [0, 0.05) is 25.7 Å². The summed E-state index contributed by atoms with van der Waals surface area (Å²) in [6, 6.07) is 17.4. The minimum absolute atomic E-state index is 0.0314. The zero-order valence-electron chi connectivity index (χ0n) is 27.8. The predicted octanol–water partition coefficient (Wildman–Crippen LogP) is 5.29. The standard InChI is InChI=1S/C39H49N3O5/c1-5-22-40(25-28-16-10-7-11-17-28)35(44)32-33-36(45)42(31(26-43)29-18-12-8-13-19-29)34(39(33)24-27(3)38(32,4)47-39)37(46)41(23-6-2)30-20-14-9-15-21-30/h5-8,10-13,16-19,27,30-34,43H,1-2,9,14-15,20-26H2,3-4H3/t27?,31-,32+,33+,34?,38-,39?/m1/s1. The van der Waals surface area contributed by atoms with Crippen molar-refractivity contribution in [2.45, 2.75) is 88.2 Å². The summed E-state index contributed by atoms with van der Waals surface area (Å²) in [7, 11) is 0. The molecule has 8 heteroatoms. The third-order valence-corrected chi connectivity index (χ3v) is 11.4. The number of carbonyl (C=O) groups excluding carboxylic acids is 3. The molecule has 0 aromatic heterocycles. The van der Waals surface area contributed by atoms with Crippen molar-refractivity contribution in [2.75, 3.05) is 19.7 Å². The fourth-order valence-corrected chi connectivity index (χ4v) is 9.19. The summed E-state index contributed by atoms with van der Waals surface area (Å²) < 4.78 is 7.09. The molecule has 250 valence electrons. The molecule has 2 aromatic rings. The minimum Gasteiger partial charge on any atom is -0.394 e. The maximum atomic E-state index is 15.1. The second-order valence-corrected chi connectivity index (χ2v) is 14.1. The van der Waals surface area contributed by atoms with E-state index in [1.165, 1.54) is 0 Å². The van der Waals surface area contributed by atoms with Crippen LogP contribution in [-0.4, -0.2) is 80.5 Å². The van der Waals surface area contributed by atoms with Crippen molar-refractivity contribution < 1.29 is 24.2 Å². The topological polar surface area (TPSA) is 90.4 Å². The summed E-state index contributed by atoms with van der Waals surface area (Å²) in [6.45, 7) is 12.6. The van der Waals surface area contributed by atoms with Crippen molar-refractivity contribution in [3.8, 4) is 0 Å². The van der Waals surface area contributed by atoms with Crippen molar-refractivity contribution in [1.29, 1.82) is 0 Å². The number of hydrogen-bond acceptors (Lipinski definition) is 5. The van der Waals surface area contributed by atoms with Gasteiger partial charge in [0.25, 0.3) is 0 Å². The molecule has 1 saturated carbocycles. The Labute approximate surface area is 279 Å². The molecule has 3 aliphatic heterocycles. The number of nitrogens with zero attached hydrogens (tertiary/aromatic N) is 3. The van der Waals surface area contributed by atoms with E-state index in [0.29, 0.717) is 26.1 Å². The van der Waals surface area contributed by atoms with Crippen molar-refractivity contribution >= 4 is 17.7 Å². The molecular formula is C39H49N3O5. The van der Waals surface area contributed by atoms with Gasteiger partial charge in [0.15, 0.2) is 0 Å². The van der Waals surface area contributed by atoms with Gasteiger partial charge < -0.3 is 24.5 Å². The molecule has 47 heavy (non-hydrogen) atoms. The number of benzene rings is 2. The molecule has 1 spiro atoms. The van der Waals surface area contributed by atoms with Crippen molar-refractivity contribution in [3.63, 3.8) is 0 Å². The minimum atomic E-state index is -1.22. The van der Waals surface area contributed by atoms with Crippen molar-refractivity contribution in [2.24, 2.45) is 17.8 Å². The Hall–Kier alpha value is -3.75. The average molecular weight is 640 g/mol. The smallest absolute Gasteiger partial charge is 0.248 e. The summed E-state index contributed by atoms with van der Waals surface area (Å²) in [4.78, 5) is 50.3. The van der Waals surface area contributed by atoms with Crippen LogP contribution in [0.15, 0.2) is 86.0 Å². The molecule has 8 nitrogen and oxygen atoms in total. The van der Waals surface area contributed by atoms with Gasteiger partial charge in [0.05, 0.1) is 30.1 Å². The molecule has 4 fully saturated rings. The molecule has 2 bridgehead atoms. The average Bonchev–Trinajstić information content (AvgIpc) is 3.61. The van der Waals surface area contributed by atoms with E-state index in [9.17, 15) is 9.90 Å². The molecule has 3 unspecified atom stereocenters. The Morgan fingerprint density at radius 3 is 2.26 bits per heavy atom. The Morgan fingerprint density at radius 2 is 1.64 bits per heavy atom. The van der Waals surface area contributed by atoms with Gasteiger partial charge in [0.2, 0.25) is 17.7 Å². The number of aliphatic hydroxyl groups is 1. The summed E-state index contributed by atoms with van der Waals surface area (Å²) in [5, 5.41) is 10.9. The molecule has 2 aromatic carbocycles. The number of ether oxygens (including phenoxy) is 1. The quantitative estimate of drug-likeness (QED) is 0.319. The van der Waals surface area contributed by atoms with Crippen LogP contribution in [0.25, 0.3) is 0 Å². The summed E-state index contributed by atoms with van der Waals surface area (Å²) in [5.74, 6) is -2.43. The lowest BCUT2D eigenvalue weighted by molar-refractivity contribution is -0.159. The second-order valence-electron chi connectivity index (χ2n) is 14.1. The number of likely N-dealkylation sites (tertiary alicyclic amines) is 1. The number of rotatable bonds is 12. The summed E-state index contributed by atoms with van der Waals surface area (Å²) in [6.07, 6.45) is 8.94. The molecule has 0 radical (unpaired) electrons. The first-order valence-electron chi connectivity index (χ1n) is 17.2. The molecule has 1 aliphatic carbocycles. The summed E-state index contributed by atoms with van der Waals surface area (Å²) >= 11 is 0. The molecular weight excluding hydrogens is 590 g/mol. The van der Waals surface area contributed by atoms with Gasteiger partial charge in [-0.25, -0.2) is 0 Å². The van der Waals surface area contributed by atoms with E-state index in [4.69, 9.17) is 4.74 Å². The van der Waals surface area contributed by atoms with E-state index in [1.807, 2.05) is 72.5 Å². The zero-order valence-corrected chi connectivity index (χ0v) is 27.8. The highest BCUT2D eigenvalue weighted by molar-refractivity contribution is 5.99. The largest absolute Gasteiger partial charge is 0.394 e. The van der Waals surface area contributed by atoms with Crippen molar-refractivity contribution in [3.05, 3.63) is 97.1 Å². The van der Waals surface area contributed by atoms with E-state index < -0.39 is 35.1 Å². The second kappa shape index (κ2) is 13.4. The van der Waals surface area contributed by atoms with E-state index >= 15 is 9.59 Å². The van der Waals surface area contributed by atoms with Crippen LogP contribution in [0.2, 0.25) is 0 Å². The molecule has 4 aliphatic rings. The van der Waals surface area contributed by atoms with Gasteiger partial charge in [-0.15, -0.1) is 13.2 Å². The SMILES string of the molecule is C=CCN(Cc1ccccc1)C(=O)[C@@H]1[C@H]2C(=O)N([C@H](CO)c3ccccc3)C(C(=O)N(CC=C)C3CCCCC3)C23CC(C)[C@@]1(C)O3. The number of amides is 3. The van der Waals surface area contributed by atoms with Crippen molar-refractivity contribution in [1.82, 2.24) is 14.7 Å². The van der Waals surface area contributed by atoms with E-state index in [2.05, 4.69) is 20.1 Å². The highest BCUT2D eigenvalue weighted by Gasteiger charge is 2.80. The molecule has 3 amide bonds. The molecule has 6 rings (SSSR count). The van der Waals surface area contributed by atoms with Gasteiger partial charge in [-0.1, -0.05) is 99.0 Å². The first-order chi connectivity index (χ1) is 22.7. The lowest BCUT2D eigenvalue weighted by Crippen LogP contribution is -2.59. The van der Waals surface area contributed by atoms with Gasteiger partial charge >= 0.3 is 0 Å². The van der Waals surface area contributed by atoms with Gasteiger partial charge in [-0.2, -0.15) is 0 Å². The van der Waals surface area contributed by atoms with Crippen LogP contribution in [0.1, 0.15) is 69.5 Å². The first-order valence-corrected chi connectivity index (χ1v) is 17.2. The molecule has 1 N–H and O–H groups in total. The number of hydrogen-bond donors (Lipinski definition) is 1. The zero-order chi connectivity index (χ0) is 33.3. The predicted molar refractivity (Wildman–Crippen MR) is 181 cm³/mol. The van der Waals surface area contributed by atoms with Crippen LogP contribution < -0.4 is 0 Å². The van der Waals surface area contributed by atoms with Gasteiger partial charge in [-0.05, 0) is 43.2 Å². The third-order valence-electron chi connectivity index (χ3n) is 11.4. The monoisotopic (exact) mass is 639 g/mol. The normalized spacial score (nSPS) is 30.5. The highest BCUT2D eigenvalue weighted by Crippen LogP contribution is 2.66. The van der Waals surface area contributed by atoms with Gasteiger partial charge in [-0.3, -0.25) is 14.4 Å². The summed E-state index contributed by atoms with van der Waals surface area (Å²) in [5.41, 5.74) is -0.456. The number of aliphatic hydroxyl groups excluding tert-OH is 1. The highest BCUT2D eigenvalue weighted by atomic mass is 16.5. The number of carbonyl (C=O) groups is 3. The fourth-order valence-electron chi connectivity index (χ4n) is 9.19. The lowest BCUT2D eigenvalue weighted by Gasteiger charge is -2.42. The molecule has 7 atom stereocenters. The van der Waals surface area contributed by atoms with Crippen LogP contribution >= 0.6 is 0 Å². The van der Waals surface area contributed by atoms with Crippen LogP contribution in [-0.2, 0) is 25.7 Å². The van der Waals surface area contributed by atoms with E-state index in [0.717, 1.165) is 43.2 Å².